The van der Waals surface area contributed by atoms with Gasteiger partial charge in [0.1, 0.15) is 0 Å². The summed E-state index contributed by atoms with van der Waals surface area (Å²) in [6, 6.07) is 23.9. The molecule has 0 amide bonds. The number of para-hydroxylation sites is 1. The van der Waals surface area contributed by atoms with Crippen LogP contribution in [-0.4, -0.2) is 35.4 Å². The molecule has 0 radical (unpaired) electrons. The van der Waals surface area contributed by atoms with Crippen molar-refractivity contribution < 1.29 is 23.4 Å². The summed E-state index contributed by atoms with van der Waals surface area (Å²) >= 11 is 0. The lowest BCUT2D eigenvalue weighted by molar-refractivity contribution is 0.0441. The molecular formula is C27H21N3O5. The molecule has 8 heteroatoms. The molecule has 0 fully saturated rings. The molecule has 0 unspecified atom stereocenters. The predicted molar refractivity (Wildman–Crippen MR) is 129 cm³/mol. The fourth-order valence-corrected chi connectivity index (χ4v) is 3.70. The van der Waals surface area contributed by atoms with Gasteiger partial charge in [0.15, 0.2) is 18.1 Å². The first-order valence-corrected chi connectivity index (χ1v) is 10.8. The Labute approximate surface area is 201 Å². The number of nitrogens with zero attached hydrogens (tertiary/aromatic N) is 3. The molecule has 0 bridgehead atoms. The monoisotopic (exact) mass is 467 g/mol. The molecule has 0 saturated carbocycles. The molecule has 174 valence electrons. The van der Waals surface area contributed by atoms with Crippen LogP contribution in [0.1, 0.15) is 16.2 Å². The van der Waals surface area contributed by atoms with Crippen LogP contribution in [0.5, 0.6) is 11.5 Å². The summed E-state index contributed by atoms with van der Waals surface area (Å²) in [4.78, 5) is 17.9. The maximum absolute atomic E-state index is 13.1. The molecule has 3 aromatic carbocycles. The minimum absolute atomic E-state index is 0.152. The van der Waals surface area contributed by atoms with Crippen LogP contribution in [-0.2, 0) is 11.3 Å². The fourth-order valence-electron chi connectivity index (χ4n) is 3.70. The Balaban J connectivity index is 1.44. The average molecular weight is 467 g/mol. The summed E-state index contributed by atoms with van der Waals surface area (Å²) in [5.41, 5.74) is 3.20. The third-order valence-corrected chi connectivity index (χ3v) is 5.43. The number of methoxy groups -OCH3 is 2. The summed E-state index contributed by atoms with van der Waals surface area (Å²) in [5, 5.41) is 8.70. The molecule has 2 heterocycles. The molecule has 5 aromatic rings. The van der Waals surface area contributed by atoms with Crippen molar-refractivity contribution in [3.05, 3.63) is 90.3 Å². The quantitative estimate of drug-likeness (QED) is 0.297. The first kappa shape index (κ1) is 22.1. The van der Waals surface area contributed by atoms with Crippen molar-refractivity contribution in [3.8, 4) is 34.2 Å². The van der Waals surface area contributed by atoms with Gasteiger partial charge >= 0.3 is 5.97 Å². The number of aromatic nitrogens is 3. The van der Waals surface area contributed by atoms with Gasteiger partial charge in [-0.3, -0.25) is 0 Å². The minimum Gasteiger partial charge on any atom is -0.493 e. The van der Waals surface area contributed by atoms with Crippen molar-refractivity contribution in [2.45, 2.75) is 6.61 Å². The molecular weight excluding hydrogens is 446 g/mol. The summed E-state index contributed by atoms with van der Waals surface area (Å²) in [6.45, 7) is -0.152. The first-order chi connectivity index (χ1) is 17.2. The number of carbonyl (C=O) groups is 1. The molecule has 0 N–H and O–H groups in total. The highest BCUT2D eigenvalue weighted by atomic mass is 16.5. The number of ether oxygens (including phenoxy) is 3. The summed E-state index contributed by atoms with van der Waals surface area (Å²) in [5.74, 6) is 1.21. The highest BCUT2D eigenvalue weighted by Crippen LogP contribution is 2.33. The lowest BCUT2D eigenvalue weighted by Crippen LogP contribution is -2.07. The summed E-state index contributed by atoms with van der Waals surface area (Å²) in [7, 11) is 3.14. The van der Waals surface area contributed by atoms with E-state index in [-0.39, 0.29) is 12.5 Å². The molecule has 2 aromatic heterocycles. The van der Waals surface area contributed by atoms with Gasteiger partial charge in [0.05, 0.1) is 31.0 Å². The number of hydrogen-bond acceptors (Lipinski definition) is 8. The Bertz CT molecular complexity index is 1500. The second-order valence-corrected chi connectivity index (χ2v) is 7.59. The molecule has 0 spiro atoms. The number of hydrogen-bond donors (Lipinski definition) is 0. The number of rotatable bonds is 7. The van der Waals surface area contributed by atoms with E-state index in [0.29, 0.717) is 39.6 Å². The second kappa shape index (κ2) is 9.64. The van der Waals surface area contributed by atoms with Gasteiger partial charge in [-0.25, -0.2) is 9.78 Å². The topological polar surface area (TPSA) is 96.6 Å². The Morgan fingerprint density at radius 1 is 0.829 bits per heavy atom. The highest BCUT2D eigenvalue weighted by Gasteiger charge is 2.18. The third kappa shape index (κ3) is 4.54. The van der Waals surface area contributed by atoms with Gasteiger partial charge in [0.2, 0.25) is 5.89 Å². The van der Waals surface area contributed by atoms with Crippen LogP contribution in [0.15, 0.2) is 83.3 Å². The van der Waals surface area contributed by atoms with E-state index in [1.807, 2.05) is 66.7 Å². The minimum atomic E-state index is -0.523. The van der Waals surface area contributed by atoms with Crippen molar-refractivity contribution in [2.24, 2.45) is 0 Å². The van der Waals surface area contributed by atoms with Crippen LogP contribution in [0.25, 0.3) is 33.6 Å². The smallest absolute Gasteiger partial charge is 0.339 e. The number of esters is 1. The summed E-state index contributed by atoms with van der Waals surface area (Å²) in [6.07, 6.45) is 0. The molecule has 35 heavy (non-hydrogen) atoms. The Morgan fingerprint density at radius 3 is 2.40 bits per heavy atom. The zero-order chi connectivity index (χ0) is 24.2. The van der Waals surface area contributed by atoms with E-state index in [0.717, 1.165) is 11.1 Å². The number of pyridine rings is 1. The van der Waals surface area contributed by atoms with Gasteiger partial charge in [0.25, 0.3) is 5.89 Å². The van der Waals surface area contributed by atoms with Crippen LogP contribution in [0.4, 0.5) is 0 Å². The number of carbonyl (C=O) groups excluding carboxylic acids is 1. The molecule has 8 nitrogen and oxygen atoms in total. The normalized spacial score (nSPS) is 10.8. The highest BCUT2D eigenvalue weighted by molar-refractivity contribution is 6.04. The van der Waals surface area contributed by atoms with E-state index >= 15 is 0 Å². The molecule has 0 aliphatic heterocycles. The molecule has 0 aliphatic carbocycles. The largest absolute Gasteiger partial charge is 0.493 e. The lowest BCUT2D eigenvalue weighted by Gasteiger charge is -2.12. The van der Waals surface area contributed by atoms with E-state index in [4.69, 9.17) is 23.6 Å². The maximum atomic E-state index is 13.1. The van der Waals surface area contributed by atoms with Crippen molar-refractivity contribution in [2.75, 3.05) is 14.2 Å². The van der Waals surface area contributed by atoms with Crippen molar-refractivity contribution in [3.63, 3.8) is 0 Å². The third-order valence-electron chi connectivity index (χ3n) is 5.43. The number of fused-ring (bicyclic) bond motifs is 1. The zero-order valence-corrected chi connectivity index (χ0v) is 19.1. The van der Waals surface area contributed by atoms with Crippen LogP contribution in [0.3, 0.4) is 0 Å². The van der Waals surface area contributed by atoms with E-state index in [2.05, 4.69) is 10.2 Å². The van der Waals surface area contributed by atoms with Crippen LogP contribution in [0, 0.1) is 0 Å². The summed E-state index contributed by atoms with van der Waals surface area (Å²) < 4.78 is 21.9. The van der Waals surface area contributed by atoms with Crippen molar-refractivity contribution in [1.82, 2.24) is 15.2 Å². The molecule has 0 aliphatic rings. The van der Waals surface area contributed by atoms with Gasteiger partial charge in [-0.1, -0.05) is 36.4 Å². The fraction of sp³-hybridized carbons (Fsp3) is 0.111. The van der Waals surface area contributed by atoms with Gasteiger partial charge < -0.3 is 18.6 Å². The van der Waals surface area contributed by atoms with E-state index in [1.165, 1.54) is 0 Å². The van der Waals surface area contributed by atoms with Gasteiger partial charge in [0, 0.05) is 16.5 Å². The SMILES string of the molecule is COc1ccc(-c2cc(C(=O)OCc3nnc(-c4ccccc4)o3)c3ccccc3n2)cc1OC. The van der Waals surface area contributed by atoms with E-state index in [9.17, 15) is 4.79 Å². The lowest BCUT2D eigenvalue weighted by atomic mass is 10.0. The Hall–Kier alpha value is -4.72. The Kier molecular flexibility index (Phi) is 6.09. The van der Waals surface area contributed by atoms with Gasteiger partial charge in [-0.05, 0) is 42.5 Å². The van der Waals surface area contributed by atoms with E-state index in [1.54, 1.807) is 26.4 Å². The standard InChI is InChI=1S/C27H21N3O5/c1-32-23-13-12-18(14-24(23)33-2)22-15-20(19-10-6-7-11-21(19)28-22)27(31)34-16-25-29-30-26(35-25)17-8-4-3-5-9-17/h3-15H,16H2,1-2H3. The van der Waals surface area contributed by atoms with Crippen LogP contribution < -0.4 is 9.47 Å². The second-order valence-electron chi connectivity index (χ2n) is 7.59. The molecule has 0 atom stereocenters. The zero-order valence-electron chi connectivity index (χ0n) is 19.1. The van der Waals surface area contributed by atoms with Gasteiger partial charge in [-0.2, -0.15) is 0 Å². The van der Waals surface area contributed by atoms with Gasteiger partial charge in [-0.15, -0.1) is 10.2 Å². The molecule has 5 rings (SSSR count). The van der Waals surface area contributed by atoms with Crippen LogP contribution in [0.2, 0.25) is 0 Å². The molecule has 0 saturated heterocycles. The van der Waals surface area contributed by atoms with Crippen molar-refractivity contribution >= 4 is 16.9 Å². The van der Waals surface area contributed by atoms with Crippen LogP contribution >= 0.6 is 0 Å². The Morgan fingerprint density at radius 2 is 1.60 bits per heavy atom. The number of benzene rings is 3. The van der Waals surface area contributed by atoms with E-state index < -0.39 is 5.97 Å². The maximum Gasteiger partial charge on any atom is 0.339 e. The first-order valence-electron chi connectivity index (χ1n) is 10.8. The van der Waals surface area contributed by atoms with Crippen molar-refractivity contribution in [1.29, 1.82) is 0 Å². The average Bonchev–Trinajstić information content (AvgIpc) is 3.40. The predicted octanol–water partition coefficient (Wildman–Crippen LogP) is 5.33.